The molecular formula is C21H24ClN3O. The molecule has 1 aliphatic rings. The molecule has 2 aromatic rings. The Labute approximate surface area is 160 Å². The lowest BCUT2D eigenvalue weighted by molar-refractivity contribution is 0.0683. The van der Waals surface area contributed by atoms with Crippen molar-refractivity contribution >= 4 is 23.1 Å². The van der Waals surface area contributed by atoms with Crippen LogP contribution in [0.25, 0.3) is 5.57 Å². The van der Waals surface area contributed by atoms with Crippen molar-refractivity contribution in [3.8, 4) is 0 Å². The zero-order valence-electron chi connectivity index (χ0n) is 15.1. The molecule has 0 unspecified atom stereocenters. The second-order valence-electron chi connectivity index (χ2n) is 6.56. The number of aryl methyl sites for hydroxylation is 1. The smallest absolute Gasteiger partial charge is 0.255 e. The van der Waals surface area contributed by atoms with E-state index in [9.17, 15) is 4.79 Å². The Morgan fingerprint density at radius 3 is 2.73 bits per heavy atom. The fourth-order valence-electron chi connectivity index (χ4n) is 3.13. The molecule has 26 heavy (non-hydrogen) atoms. The van der Waals surface area contributed by atoms with E-state index >= 15 is 0 Å². The van der Waals surface area contributed by atoms with E-state index in [4.69, 9.17) is 11.6 Å². The Bertz CT molecular complexity index is 776. The van der Waals surface area contributed by atoms with Crippen LogP contribution in [0, 0.1) is 6.92 Å². The van der Waals surface area contributed by atoms with Crippen LogP contribution in [0.15, 0.2) is 54.9 Å². The van der Waals surface area contributed by atoms with Crippen molar-refractivity contribution in [3.05, 3.63) is 71.7 Å². The summed E-state index contributed by atoms with van der Waals surface area (Å²) in [6, 6.07) is 13.5. The second kappa shape index (κ2) is 8.86. The average molecular weight is 370 g/mol. The summed E-state index contributed by atoms with van der Waals surface area (Å²) in [5.74, 6) is 0.727. The van der Waals surface area contributed by atoms with Gasteiger partial charge in [0, 0.05) is 42.6 Å². The number of carbonyl (C=O) groups excluding carboxylic acids is 1. The van der Waals surface area contributed by atoms with Gasteiger partial charge >= 0.3 is 0 Å². The molecule has 1 amide bonds. The van der Waals surface area contributed by atoms with Gasteiger partial charge in [-0.3, -0.25) is 9.78 Å². The van der Waals surface area contributed by atoms with Crippen LogP contribution < -0.4 is 0 Å². The van der Waals surface area contributed by atoms with Gasteiger partial charge in [0.05, 0.1) is 6.67 Å². The fourth-order valence-corrected chi connectivity index (χ4v) is 3.32. The summed E-state index contributed by atoms with van der Waals surface area (Å²) in [6.07, 6.45) is 5.98. The minimum Gasteiger partial charge on any atom is -0.360 e. The summed E-state index contributed by atoms with van der Waals surface area (Å²) in [5.41, 5.74) is 3.95. The molecule has 136 valence electrons. The summed E-state index contributed by atoms with van der Waals surface area (Å²) in [4.78, 5) is 21.4. The normalized spacial score (nSPS) is 14.3. The molecule has 0 saturated carbocycles. The first-order chi connectivity index (χ1) is 12.7. The van der Waals surface area contributed by atoms with Crippen molar-refractivity contribution in [1.82, 2.24) is 14.8 Å². The number of carbonyl (C=O) groups is 1. The number of nitrogens with zero attached hydrogens (tertiary/aromatic N) is 3. The summed E-state index contributed by atoms with van der Waals surface area (Å²) >= 11 is 5.81. The van der Waals surface area contributed by atoms with Gasteiger partial charge < -0.3 is 9.80 Å². The van der Waals surface area contributed by atoms with Crippen molar-refractivity contribution in [2.45, 2.75) is 19.8 Å². The lowest BCUT2D eigenvalue weighted by atomic mass is 10.0. The van der Waals surface area contributed by atoms with E-state index in [1.54, 1.807) is 0 Å². The van der Waals surface area contributed by atoms with Gasteiger partial charge in [0.15, 0.2) is 0 Å². The highest BCUT2D eigenvalue weighted by Crippen LogP contribution is 2.23. The third kappa shape index (κ3) is 4.64. The van der Waals surface area contributed by atoms with Crippen molar-refractivity contribution in [1.29, 1.82) is 0 Å². The van der Waals surface area contributed by atoms with E-state index in [0.29, 0.717) is 19.1 Å². The standard InChI is InChI=1S/C21H24ClN3O/c1-17-13-19(9-11-23-17)20-14-24(12-6-5-10-22)16-25(15-20)21(26)18-7-3-2-4-8-18/h2-4,7-9,11,13-14H,5-6,10,12,15-16H2,1H3. The Morgan fingerprint density at radius 2 is 2.00 bits per heavy atom. The highest BCUT2D eigenvalue weighted by atomic mass is 35.5. The van der Waals surface area contributed by atoms with Crippen LogP contribution in [0.4, 0.5) is 0 Å². The van der Waals surface area contributed by atoms with Gasteiger partial charge in [0.2, 0.25) is 0 Å². The molecule has 2 heterocycles. The maximum atomic E-state index is 13.0. The molecule has 0 N–H and O–H groups in total. The third-order valence-electron chi connectivity index (χ3n) is 4.46. The number of pyridine rings is 1. The first-order valence-corrected chi connectivity index (χ1v) is 9.49. The highest BCUT2D eigenvalue weighted by Gasteiger charge is 2.23. The van der Waals surface area contributed by atoms with Crippen molar-refractivity contribution in [2.24, 2.45) is 0 Å². The van der Waals surface area contributed by atoms with E-state index in [0.717, 1.165) is 41.8 Å². The molecule has 0 fully saturated rings. The van der Waals surface area contributed by atoms with Gasteiger partial charge in [-0.05, 0) is 55.2 Å². The van der Waals surface area contributed by atoms with Crippen molar-refractivity contribution < 1.29 is 4.79 Å². The van der Waals surface area contributed by atoms with Gasteiger partial charge in [0.1, 0.15) is 0 Å². The van der Waals surface area contributed by atoms with Crippen LogP contribution >= 0.6 is 11.6 Å². The van der Waals surface area contributed by atoms with Gasteiger partial charge in [-0.15, -0.1) is 11.6 Å². The topological polar surface area (TPSA) is 36.4 Å². The monoisotopic (exact) mass is 369 g/mol. The minimum absolute atomic E-state index is 0.0596. The quantitative estimate of drug-likeness (QED) is 0.566. The van der Waals surface area contributed by atoms with E-state index < -0.39 is 0 Å². The molecule has 5 heteroatoms. The van der Waals surface area contributed by atoms with Crippen LogP contribution in [-0.2, 0) is 0 Å². The first-order valence-electron chi connectivity index (χ1n) is 8.95. The van der Waals surface area contributed by atoms with Crippen LogP contribution in [0.2, 0.25) is 0 Å². The van der Waals surface area contributed by atoms with Crippen LogP contribution in [0.5, 0.6) is 0 Å². The second-order valence-corrected chi connectivity index (χ2v) is 6.94. The average Bonchev–Trinajstić information content (AvgIpc) is 2.68. The lowest BCUT2D eigenvalue weighted by Gasteiger charge is -2.36. The summed E-state index contributed by atoms with van der Waals surface area (Å²) in [7, 11) is 0. The number of benzene rings is 1. The zero-order chi connectivity index (χ0) is 18.4. The zero-order valence-corrected chi connectivity index (χ0v) is 15.8. The van der Waals surface area contributed by atoms with Crippen molar-refractivity contribution in [3.63, 3.8) is 0 Å². The molecule has 4 nitrogen and oxygen atoms in total. The maximum absolute atomic E-state index is 13.0. The maximum Gasteiger partial charge on any atom is 0.255 e. The largest absolute Gasteiger partial charge is 0.360 e. The fraction of sp³-hybridized carbons (Fsp3) is 0.333. The van der Waals surface area contributed by atoms with Crippen LogP contribution in [0.3, 0.4) is 0 Å². The van der Waals surface area contributed by atoms with E-state index in [-0.39, 0.29) is 5.91 Å². The Morgan fingerprint density at radius 1 is 1.19 bits per heavy atom. The van der Waals surface area contributed by atoms with Gasteiger partial charge in [0.25, 0.3) is 5.91 Å². The molecule has 1 aromatic heterocycles. The molecule has 0 spiro atoms. The van der Waals surface area contributed by atoms with E-state index in [2.05, 4.69) is 22.2 Å². The van der Waals surface area contributed by atoms with Gasteiger partial charge in [-0.2, -0.15) is 0 Å². The first kappa shape index (κ1) is 18.5. The number of aromatic nitrogens is 1. The summed E-state index contributed by atoms with van der Waals surface area (Å²) < 4.78 is 0. The Hall–Kier alpha value is -2.33. The summed E-state index contributed by atoms with van der Waals surface area (Å²) in [6.45, 7) is 4.07. The van der Waals surface area contributed by atoms with E-state index in [1.807, 2.05) is 54.4 Å². The predicted molar refractivity (Wildman–Crippen MR) is 106 cm³/mol. The molecule has 1 aromatic carbocycles. The third-order valence-corrected chi connectivity index (χ3v) is 4.72. The van der Waals surface area contributed by atoms with Crippen LogP contribution in [0.1, 0.15) is 34.5 Å². The lowest BCUT2D eigenvalue weighted by Crippen LogP contribution is -2.44. The number of amides is 1. The van der Waals surface area contributed by atoms with Crippen molar-refractivity contribution in [2.75, 3.05) is 25.6 Å². The molecule has 0 saturated heterocycles. The highest BCUT2D eigenvalue weighted by molar-refractivity contribution is 6.17. The molecule has 0 atom stereocenters. The Kier molecular flexibility index (Phi) is 6.29. The molecule has 3 rings (SSSR count). The van der Waals surface area contributed by atoms with Crippen LogP contribution in [-0.4, -0.2) is 46.3 Å². The molecule has 0 radical (unpaired) electrons. The molecule has 0 aliphatic carbocycles. The number of hydrogen-bond acceptors (Lipinski definition) is 3. The predicted octanol–water partition coefficient (Wildman–Crippen LogP) is 4.17. The molecule has 0 bridgehead atoms. The number of halogens is 1. The summed E-state index contributed by atoms with van der Waals surface area (Å²) in [5, 5.41) is 0. The minimum atomic E-state index is 0.0596. The molecular weight excluding hydrogens is 346 g/mol. The van der Waals surface area contributed by atoms with E-state index in [1.165, 1.54) is 0 Å². The Balaban J connectivity index is 1.84. The number of rotatable bonds is 6. The number of unbranched alkanes of at least 4 members (excludes halogenated alkanes) is 1. The molecule has 1 aliphatic heterocycles. The van der Waals surface area contributed by atoms with Gasteiger partial charge in [-0.1, -0.05) is 18.2 Å². The van der Waals surface area contributed by atoms with Gasteiger partial charge in [-0.25, -0.2) is 0 Å². The number of alkyl halides is 1. The number of hydrogen-bond donors (Lipinski definition) is 0. The SMILES string of the molecule is Cc1cc(C2=CN(CCCCCl)CN(C(=O)c3ccccc3)C2)ccn1.